The minimum Gasteiger partial charge on any atom is -0.374 e. The molecule has 2 fully saturated rings. The molecule has 8 nitrogen and oxygen atoms in total. The van der Waals surface area contributed by atoms with Gasteiger partial charge in [0.15, 0.2) is 0 Å². The van der Waals surface area contributed by atoms with E-state index < -0.39 is 0 Å². The van der Waals surface area contributed by atoms with Gasteiger partial charge in [-0.15, -0.1) is 10.2 Å². The van der Waals surface area contributed by atoms with Crippen LogP contribution in [0.2, 0.25) is 0 Å². The van der Waals surface area contributed by atoms with E-state index in [1.54, 1.807) is 12.5 Å². The number of carbonyl (C=O) groups is 1. The fraction of sp³-hybridized carbons (Fsp3) is 0.400. The average Bonchev–Trinajstić information content (AvgIpc) is 3.39. The first kappa shape index (κ1) is 18.1. The molecule has 9 heteroatoms. The maximum atomic E-state index is 13.3. The van der Waals surface area contributed by atoms with Crippen molar-refractivity contribution in [2.24, 2.45) is 0 Å². The van der Waals surface area contributed by atoms with Crippen molar-refractivity contribution in [2.45, 2.75) is 50.2 Å². The molecule has 1 unspecified atom stereocenters. The van der Waals surface area contributed by atoms with Crippen LogP contribution in [0.5, 0.6) is 0 Å². The number of benzene rings is 1. The molecule has 5 rings (SSSR count). The Bertz CT molecular complexity index is 971. The van der Waals surface area contributed by atoms with Crippen LogP contribution < -0.4 is 11.1 Å². The Kier molecular flexibility index (Phi) is 4.67. The molecule has 1 amide bonds. The van der Waals surface area contributed by atoms with Gasteiger partial charge in [-0.25, -0.2) is 4.98 Å². The molecule has 29 heavy (non-hydrogen) atoms. The standard InChI is InChI=1S/C20H23N7OS/c21-19-24-25-20(29-19)23-14-10-16-2-1-3-17(11-14)27(16)18(28)13-4-6-15(7-5-13)26-9-8-22-12-26/h4-9,12,14,16-17H,1-3,10-11H2,(H2,21,24)(H,23,25)/t14?,16-,17+. The van der Waals surface area contributed by atoms with Crippen LogP contribution >= 0.6 is 11.3 Å². The van der Waals surface area contributed by atoms with Gasteiger partial charge in [0, 0.05) is 41.8 Å². The van der Waals surface area contributed by atoms with E-state index in [0.717, 1.165) is 42.1 Å². The van der Waals surface area contributed by atoms with Crippen molar-refractivity contribution < 1.29 is 4.79 Å². The maximum Gasteiger partial charge on any atom is 0.254 e. The summed E-state index contributed by atoms with van der Waals surface area (Å²) in [6, 6.07) is 8.59. The molecular formula is C20H23N7OS. The quantitative estimate of drug-likeness (QED) is 0.687. The first-order valence-corrected chi connectivity index (χ1v) is 10.8. The number of anilines is 2. The van der Waals surface area contributed by atoms with Crippen LogP contribution in [-0.2, 0) is 0 Å². The molecule has 0 aliphatic carbocycles. The number of rotatable bonds is 4. The third-order valence-electron chi connectivity index (χ3n) is 5.89. The number of aromatic nitrogens is 4. The Morgan fingerprint density at radius 1 is 1.14 bits per heavy atom. The number of imidazole rings is 1. The summed E-state index contributed by atoms with van der Waals surface area (Å²) in [5.74, 6) is 0.135. The monoisotopic (exact) mass is 409 g/mol. The minimum absolute atomic E-state index is 0.135. The number of carbonyl (C=O) groups excluding carboxylic acids is 1. The molecule has 2 aliphatic heterocycles. The Hall–Kier alpha value is -2.94. The van der Waals surface area contributed by atoms with Gasteiger partial charge in [0.25, 0.3) is 5.91 Å². The topological polar surface area (TPSA) is 102 Å². The lowest BCUT2D eigenvalue weighted by molar-refractivity contribution is 0.0259. The van der Waals surface area contributed by atoms with Crippen LogP contribution in [0.4, 0.5) is 10.3 Å². The summed E-state index contributed by atoms with van der Waals surface area (Å²) < 4.78 is 1.93. The summed E-state index contributed by atoms with van der Waals surface area (Å²) >= 11 is 1.37. The van der Waals surface area contributed by atoms with E-state index in [9.17, 15) is 4.79 Å². The Morgan fingerprint density at radius 3 is 2.52 bits per heavy atom. The molecule has 3 atom stereocenters. The molecule has 0 radical (unpaired) electrons. The van der Waals surface area contributed by atoms with E-state index in [2.05, 4.69) is 25.4 Å². The molecule has 2 saturated heterocycles. The molecule has 0 spiro atoms. The Balaban J connectivity index is 1.31. The minimum atomic E-state index is 0.135. The van der Waals surface area contributed by atoms with Gasteiger partial charge in [0.1, 0.15) is 0 Å². The van der Waals surface area contributed by atoms with Crippen molar-refractivity contribution >= 4 is 27.5 Å². The molecule has 2 bridgehead atoms. The number of nitrogens with zero attached hydrogens (tertiary/aromatic N) is 5. The fourth-order valence-corrected chi connectivity index (χ4v) is 5.22. The van der Waals surface area contributed by atoms with Crippen LogP contribution in [-0.4, -0.2) is 48.7 Å². The molecular weight excluding hydrogens is 386 g/mol. The summed E-state index contributed by atoms with van der Waals surface area (Å²) in [4.78, 5) is 19.5. The highest BCUT2D eigenvalue weighted by molar-refractivity contribution is 7.18. The SMILES string of the molecule is Nc1nnc(NC2C[C@H]3CCC[C@@H](C2)N3C(=O)c2ccc(-n3ccnc3)cc2)s1. The Morgan fingerprint density at radius 2 is 1.90 bits per heavy atom. The molecule has 3 N–H and O–H groups in total. The summed E-state index contributed by atoms with van der Waals surface area (Å²) in [5.41, 5.74) is 7.43. The van der Waals surface area contributed by atoms with Crippen molar-refractivity contribution in [1.82, 2.24) is 24.6 Å². The zero-order chi connectivity index (χ0) is 19.8. The molecule has 3 aromatic rings. The second kappa shape index (κ2) is 7.47. The number of hydrogen-bond acceptors (Lipinski definition) is 7. The van der Waals surface area contributed by atoms with Gasteiger partial charge >= 0.3 is 0 Å². The number of hydrogen-bond donors (Lipinski definition) is 2. The third-order valence-corrected chi connectivity index (χ3v) is 6.58. The Labute approximate surface area is 172 Å². The first-order chi connectivity index (χ1) is 14.2. The molecule has 2 aromatic heterocycles. The van der Waals surface area contributed by atoms with E-state index in [0.29, 0.717) is 11.2 Å². The lowest BCUT2D eigenvalue weighted by atomic mass is 9.81. The predicted molar refractivity (Wildman–Crippen MR) is 112 cm³/mol. The van der Waals surface area contributed by atoms with Gasteiger partial charge in [-0.05, 0) is 56.4 Å². The van der Waals surface area contributed by atoms with Crippen molar-refractivity contribution in [1.29, 1.82) is 0 Å². The van der Waals surface area contributed by atoms with Gasteiger partial charge in [0.05, 0.1) is 6.33 Å². The molecule has 1 aromatic carbocycles. The lowest BCUT2D eigenvalue weighted by Gasteiger charge is -2.49. The zero-order valence-electron chi connectivity index (χ0n) is 15.9. The summed E-state index contributed by atoms with van der Waals surface area (Å²) in [5, 5.41) is 12.7. The van der Waals surface area contributed by atoms with Crippen LogP contribution in [0.1, 0.15) is 42.5 Å². The van der Waals surface area contributed by atoms with Crippen molar-refractivity contribution in [3.8, 4) is 5.69 Å². The molecule has 150 valence electrons. The van der Waals surface area contributed by atoms with Gasteiger partial charge in [-0.3, -0.25) is 4.79 Å². The number of fused-ring (bicyclic) bond motifs is 2. The third kappa shape index (κ3) is 3.57. The summed E-state index contributed by atoms with van der Waals surface area (Å²) in [7, 11) is 0. The zero-order valence-corrected chi connectivity index (χ0v) is 16.8. The normalized spacial score (nSPS) is 23.7. The molecule has 0 saturated carbocycles. The molecule has 2 aliphatic rings. The average molecular weight is 410 g/mol. The van der Waals surface area contributed by atoms with Gasteiger partial charge in [-0.2, -0.15) is 0 Å². The highest BCUT2D eigenvalue weighted by Gasteiger charge is 2.41. The van der Waals surface area contributed by atoms with Crippen molar-refractivity contribution in [3.05, 3.63) is 48.5 Å². The molecule has 4 heterocycles. The summed E-state index contributed by atoms with van der Waals surface area (Å²) in [6.45, 7) is 0. The van der Waals surface area contributed by atoms with Crippen LogP contribution in [0.3, 0.4) is 0 Å². The van der Waals surface area contributed by atoms with Crippen LogP contribution in [0.15, 0.2) is 43.0 Å². The predicted octanol–water partition coefficient (Wildman–Crippen LogP) is 2.94. The number of nitrogens with one attached hydrogen (secondary N) is 1. The van der Waals surface area contributed by atoms with Gasteiger partial charge in [0.2, 0.25) is 10.3 Å². The second-order valence-corrected chi connectivity index (χ2v) is 8.74. The van der Waals surface area contributed by atoms with Crippen molar-refractivity contribution in [2.75, 3.05) is 11.1 Å². The number of piperidine rings is 2. The van der Waals surface area contributed by atoms with E-state index in [4.69, 9.17) is 5.73 Å². The summed E-state index contributed by atoms with van der Waals surface area (Å²) in [6.07, 6.45) is 10.5. The largest absolute Gasteiger partial charge is 0.374 e. The van der Waals surface area contributed by atoms with E-state index >= 15 is 0 Å². The number of amides is 1. The smallest absolute Gasteiger partial charge is 0.254 e. The highest BCUT2D eigenvalue weighted by Crippen LogP contribution is 2.36. The maximum absolute atomic E-state index is 13.3. The van der Waals surface area contributed by atoms with Crippen LogP contribution in [0.25, 0.3) is 5.69 Å². The van der Waals surface area contributed by atoms with E-state index in [1.807, 2.05) is 35.0 Å². The van der Waals surface area contributed by atoms with E-state index in [-0.39, 0.29) is 18.0 Å². The van der Waals surface area contributed by atoms with Gasteiger partial charge in [-0.1, -0.05) is 11.3 Å². The first-order valence-electron chi connectivity index (χ1n) is 9.94. The van der Waals surface area contributed by atoms with Crippen molar-refractivity contribution in [3.63, 3.8) is 0 Å². The fourth-order valence-electron chi connectivity index (χ4n) is 4.64. The van der Waals surface area contributed by atoms with Crippen LogP contribution in [0, 0.1) is 0 Å². The van der Waals surface area contributed by atoms with Gasteiger partial charge < -0.3 is 20.5 Å². The lowest BCUT2D eigenvalue weighted by Crippen LogP contribution is -2.57. The number of nitrogens with two attached hydrogens (primary N) is 1. The highest BCUT2D eigenvalue weighted by atomic mass is 32.1. The van der Waals surface area contributed by atoms with E-state index in [1.165, 1.54) is 17.8 Å². The number of nitrogen functional groups attached to an aromatic ring is 1. The second-order valence-electron chi connectivity index (χ2n) is 7.73.